The van der Waals surface area contributed by atoms with Gasteiger partial charge in [0.1, 0.15) is 0 Å². The van der Waals surface area contributed by atoms with E-state index in [2.05, 4.69) is 10.1 Å². The standard InChI is InChI=1S/C10H19NO3.H2/c1-5-8(6-2)9(7(3)12)11-10(13)14-4;/h8-9H,5-6H2,1-4H3,(H,11,13);1H. The molecule has 84 valence electrons. The Morgan fingerprint density at radius 1 is 1.36 bits per heavy atom. The summed E-state index contributed by atoms with van der Waals surface area (Å²) in [6.45, 7) is 5.49. The van der Waals surface area contributed by atoms with Crippen LogP contribution >= 0.6 is 0 Å². The van der Waals surface area contributed by atoms with Crippen LogP contribution in [0.2, 0.25) is 0 Å². The molecule has 0 saturated carbocycles. The Morgan fingerprint density at radius 3 is 2.14 bits per heavy atom. The topological polar surface area (TPSA) is 55.4 Å². The molecule has 0 rings (SSSR count). The van der Waals surface area contributed by atoms with E-state index >= 15 is 0 Å². The molecule has 4 heteroatoms. The molecule has 0 aliphatic heterocycles. The van der Waals surface area contributed by atoms with E-state index in [4.69, 9.17) is 0 Å². The molecule has 0 aromatic rings. The van der Waals surface area contributed by atoms with Crippen LogP contribution in [0.25, 0.3) is 0 Å². The van der Waals surface area contributed by atoms with Gasteiger partial charge in [-0.15, -0.1) is 0 Å². The van der Waals surface area contributed by atoms with Crippen LogP contribution in [0.3, 0.4) is 0 Å². The Bertz CT molecular complexity index is 205. The smallest absolute Gasteiger partial charge is 0.407 e. The highest BCUT2D eigenvalue weighted by atomic mass is 16.5. The number of alkyl carbamates (subject to hydrolysis) is 1. The van der Waals surface area contributed by atoms with Crippen LogP contribution in [-0.2, 0) is 9.53 Å². The van der Waals surface area contributed by atoms with Gasteiger partial charge in [0.2, 0.25) is 0 Å². The molecule has 0 fully saturated rings. The summed E-state index contributed by atoms with van der Waals surface area (Å²) in [7, 11) is 1.29. The molecular weight excluding hydrogens is 182 g/mol. The van der Waals surface area contributed by atoms with E-state index in [0.717, 1.165) is 12.8 Å². The predicted molar refractivity (Wildman–Crippen MR) is 56.2 cm³/mol. The van der Waals surface area contributed by atoms with Crippen molar-refractivity contribution in [2.45, 2.75) is 39.7 Å². The quantitative estimate of drug-likeness (QED) is 0.743. The SMILES string of the molecule is CCC(CC)C(NC(=O)OC)C(C)=O.[HH]. The number of methoxy groups -OCH3 is 1. The second-order valence-corrected chi connectivity index (χ2v) is 3.30. The molecule has 0 aliphatic carbocycles. The molecule has 0 heterocycles. The highest BCUT2D eigenvalue weighted by molar-refractivity contribution is 5.85. The average molecular weight is 203 g/mol. The van der Waals surface area contributed by atoms with Gasteiger partial charge in [0.05, 0.1) is 13.2 Å². The first-order valence-corrected chi connectivity index (χ1v) is 4.91. The number of hydrogen-bond donors (Lipinski definition) is 1. The van der Waals surface area contributed by atoms with E-state index in [1.165, 1.54) is 14.0 Å². The fourth-order valence-electron chi connectivity index (χ4n) is 1.50. The van der Waals surface area contributed by atoms with Gasteiger partial charge in [-0.3, -0.25) is 4.79 Å². The van der Waals surface area contributed by atoms with Crippen molar-refractivity contribution in [3.8, 4) is 0 Å². The molecule has 1 amide bonds. The van der Waals surface area contributed by atoms with Crippen LogP contribution in [0.4, 0.5) is 4.79 Å². The van der Waals surface area contributed by atoms with E-state index in [1.807, 2.05) is 13.8 Å². The summed E-state index contributed by atoms with van der Waals surface area (Å²) in [5.74, 6) is 0.163. The van der Waals surface area contributed by atoms with E-state index in [1.54, 1.807) is 0 Å². The summed E-state index contributed by atoms with van der Waals surface area (Å²) >= 11 is 0. The summed E-state index contributed by atoms with van der Waals surface area (Å²) in [5.41, 5.74) is 0. The van der Waals surface area contributed by atoms with Crippen molar-refractivity contribution in [1.29, 1.82) is 0 Å². The largest absolute Gasteiger partial charge is 0.453 e. The minimum atomic E-state index is -0.544. The van der Waals surface area contributed by atoms with Crippen molar-refractivity contribution in [3.63, 3.8) is 0 Å². The fraction of sp³-hybridized carbons (Fsp3) is 0.800. The molecular formula is C10H21NO3. The Hall–Kier alpha value is -1.06. The molecule has 1 N–H and O–H groups in total. The van der Waals surface area contributed by atoms with Gasteiger partial charge in [0.25, 0.3) is 0 Å². The Morgan fingerprint density at radius 2 is 1.86 bits per heavy atom. The van der Waals surface area contributed by atoms with Crippen LogP contribution in [0, 0.1) is 5.92 Å². The maximum atomic E-state index is 11.3. The highest BCUT2D eigenvalue weighted by Gasteiger charge is 2.24. The first kappa shape index (κ1) is 12.9. The lowest BCUT2D eigenvalue weighted by atomic mass is 9.92. The van der Waals surface area contributed by atoms with E-state index in [-0.39, 0.29) is 13.1 Å². The van der Waals surface area contributed by atoms with Gasteiger partial charge in [-0.1, -0.05) is 26.7 Å². The number of ketones is 1. The van der Waals surface area contributed by atoms with Gasteiger partial charge in [-0.25, -0.2) is 4.79 Å². The molecule has 0 bridgehead atoms. The molecule has 0 aromatic carbocycles. The molecule has 0 radical (unpaired) electrons. The predicted octanol–water partition coefficient (Wildman–Crippen LogP) is 1.98. The van der Waals surface area contributed by atoms with Crippen molar-refractivity contribution in [2.75, 3.05) is 7.11 Å². The second-order valence-electron chi connectivity index (χ2n) is 3.30. The van der Waals surface area contributed by atoms with Crippen molar-refractivity contribution in [1.82, 2.24) is 5.32 Å². The third kappa shape index (κ3) is 3.77. The molecule has 1 atom stereocenters. The zero-order chi connectivity index (χ0) is 11.1. The number of carbonyl (C=O) groups excluding carboxylic acids is 2. The summed E-state index contributed by atoms with van der Waals surface area (Å²) in [4.78, 5) is 22.3. The number of ether oxygens (including phenoxy) is 1. The van der Waals surface area contributed by atoms with Crippen LogP contribution in [0.1, 0.15) is 35.0 Å². The fourth-order valence-corrected chi connectivity index (χ4v) is 1.50. The monoisotopic (exact) mass is 203 g/mol. The second kappa shape index (κ2) is 6.40. The molecule has 1 unspecified atom stereocenters. The van der Waals surface area contributed by atoms with Crippen LogP contribution < -0.4 is 5.32 Å². The third-order valence-corrected chi connectivity index (χ3v) is 2.42. The average Bonchev–Trinajstić information content (AvgIpc) is 2.17. The summed E-state index contributed by atoms with van der Waals surface area (Å²) in [6.07, 6.45) is 1.19. The third-order valence-electron chi connectivity index (χ3n) is 2.42. The van der Waals surface area contributed by atoms with Gasteiger partial charge in [-0.05, 0) is 12.8 Å². The van der Waals surface area contributed by atoms with Crippen LogP contribution in [-0.4, -0.2) is 25.0 Å². The molecule has 0 saturated heterocycles. The summed E-state index contributed by atoms with van der Waals surface area (Å²) in [5, 5.41) is 2.56. The minimum absolute atomic E-state index is 0. The van der Waals surface area contributed by atoms with Crippen molar-refractivity contribution >= 4 is 11.9 Å². The van der Waals surface area contributed by atoms with Gasteiger partial charge in [0.15, 0.2) is 5.78 Å². The number of rotatable bonds is 5. The summed E-state index contributed by atoms with van der Waals surface area (Å²) in [6, 6.07) is -0.419. The molecule has 0 aromatic heterocycles. The van der Waals surface area contributed by atoms with Gasteiger partial charge in [0, 0.05) is 1.43 Å². The first-order valence-electron chi connectivity index (χ1n) is 4.91. The number of hydrogen-bond acceptors (Lipinski definition) is 3. The maximum absolute atomic E-state index is 11.3. The van der Waals surface area contributed by atoms with Gasteiger partial charge >= 0.3 is 6.09 Å². The lowest BCUT2D eigenvalue weighted by Crippen LogP contribution is -2.44. The van der Waals surface area contributed by atoms with E-state index in [9.17, 15) is 9.59 Å². The molecule has 0 spiro atoms. The normalized spacial score (nSPS) is 12.4. The van der Waals surface area contributed by atoms with E-state index < -0.39 is 12.1 Å². The first-order chi connectivity index (χ1) is 6.56. The zero-order valence-electron chi connectivity index (χ0n) is 9.29. The highest BCUT2D eigenvalue weighted by Crippen LogP contribution is 2.14. The zero-order valence-corrected chi connectivity index (χ0v) is 9.29. The lowest BCUT2D eigenvalue weighted by Gasteiger charge is -2.23. The Labute approximate surface area is 86.5 Å². The Balaban J connectivity index is 0. The minimum Gasteiger partial charge on any atom is -0.453 e. The Kier molecular flexibility index (Phi) is 5.92. The molecule has 0 aliphatic rings. The number of Topliss-reactive ketones (excluding diaryl/α,β-unsaturated/α-hetero) is 1. The van der Waals surface area contributed by atoms with Crippen molar-refractivity contribution in [3.05, 3.63) is 0 Å². The van der Waals surface area contributed by atoms with Crippen molar-refractivity contribution < 1.29 is 15.8 Å². The van der Waals surface area contributed by atoms with Gasteiger partial charge < -0.3 is 10.1 Å². The number of carbonyl (C=O) groups is 2. The van der Waals surface area contributed by atoms with Gasteiger partial charge in [-0.2, -0.15) is 0 Å². The maximum Gasteiger partial charge on any atom is 0.407 e. The molecule has 14 heavy (non-hydrogen) atoms. The van der Waals surface area contributed by atoms with Crippen molar-refractivity contribution in [2.24, 2.45) is 5.92 Å². The molecule has 4 nitrogen and oxygen atoms in total. The van der Waals surface area contributed by atoms with E-state index in [0.29, 0.717) is 0 Å². The number of nitrogens with one attached hydrogen (secondary N) is 1. The number of amides is 1. The van der Waals surface area contributed by atoms with Crippen LogP contribution in [0.5, 0.6) is 0 Å². The summed E-state index contributed by atoms with van der Waals surface area (Å²) < 4.78 is 4.47. The lowest BCUT2D eigenvalue weighted by molar-refractivity contribution is -0.120. The van der Waals surface area contributed by atoms with Crippen LogP contribution in [0.15, 0.2) is 0 Å².